The standard InChI is InChI=1S/C71H102ClF3N12O12/c1-12-45(4)60-67(97)81(7)42-58(90)79(5)43-59(91)83(9)54(39-47-27-25-44(3)26-28-47)65(95)80(6)41-56(88)76-51(32-30-46-29-31-49(50(72)38-46)71(73,74)75)64(94)87-37-21-24-53(87)63(93)78-70(33-17-18-34-70)69(99)85(11)61(48-22-15-14-16-23-48)68(98)84(10)55(66(96)86-35-19-20-36-86)40-57(89)82(8)52(13-2)62(92)77-60/h25-29,31,38,45,48,51-55,60-61H,12-24,30,32-37,39-43H2,1-11H3,(H,76,88)(H,77,92)(H,78,93)/t45-,51-,52-,53-,54-,55-,60-,61-/m0/s1. The van der Waals surface area contributed by atoms with E-state index < -0.39 is 173 Å². The van der Waals surface area contributed by atoms with Gasteiger partial charge < -0.3 is 60.0 Å². The van der Waals surface area contributed by atoms with Crippen LogP contribution in [0.5, 0.6) is 0 Å². The minimum atomic E-state index is -4.77. The van der Waals surface area contributed by atoms with Crippen LogP contribution in [0.3, 0.4) is 0 Å². The molecule has 7 rings (SSSR count). The summed E-state index contributed by atoms with van der Waals surface area (Å²) in [7, 11) is 9.78. The Bertz CT molecular complexity index is 3290. The Hall–Kier alpha value is -7.84. The number of rotatable bonds is 10. The molecule has 3 heterocycles. The highest BCUT2D eigenvalue weighted by atomic mass is 35.5. The molecule has 99 heavy (non-hydrogen) atoms. The molecule has 546 valence electrons. The molecule has 5 aliphatic rings. The van der Waals surface area contributed by atoms with E-state index in [1.54, 1.807) is 30.9 Å². The third kappa shape index (κ3) is 19.2. The third-order valence-corrected chi connectivity index (χ3v) is 21.4. The predicted octanol–water partition coefficient (Wildman–Crippen LogP) is 4.98. The fraction of sp³-hybridized carbons (Fsp3) is 0.662. The van der Waals surface area contributed by atoms with Crippen LogP contribution in [0.4, 0.5) is 13.2 Å². The number of amides is 12. The maximum absolute atomic E-state index is 15.7. The van der Waals surface area contributed by atoms with E-state index in [0.29, 0.717) is 70.0 Å². The number of likely N-dealkylation sites (tertiary alicyclic amines) is 1. The number of carbonyl (C=O) groups excluding carboxylic acids is 12. The first kappa shape index (κ1) is 78.5. The quantitative estimate of drug-likeness (QED) is 0.284. The van der Waals surface area contributed by atoms with Crippen LogP contribution >= 0.6 is 11.6 Å². The van der Waals surface area contributed by atoms with Gasteiger partial charge in [0.2, 0.25) is 70.9 Å². The largest absolute Gasteiger partial charge is 0.417 e. The average Bonchev–Trinajstić information content (AvgIpc) is 1.76. The van der Waals surface area contributed by atoms with Gasteiger partial charge in [-0.25, -0.2) is 0 Å². The van der Waals surface area contributed by atoms with Crippen molar-refractivity contribution in [3.63, 3.8) is 0 Å². The van der Waals surface area contributed by atoms with Crippen LogP contribution < -0.4 is 16.0 Å². The van der Waals surface area contributed by atoms with Crippen molar-refractivity contribution in [2.75, 3.05) is 88.6 Å². The molecular weight excluding hydrogens is 1310 g/mol. The van der Waals surface area contributed by atoms with E-state index >= 15 is 19.2 Å². The van der Waals surface area contributed by atoms with E-state index in [-0.39, 0.29) is 57.1 Å². The summed E-state index contributed by atoms with van der Waals surface area (Å²) in [6, 6.07) is 1.44. The second-order valence-electron chi connectivity index (χ2n) is 28.0. The second-order valence-corrected chi connectivity index (χ2v) is 28.5. The normalized spacial score (nSPS) is 25.7. The summed E-state index contributed by atoms with van der Waals surface area (Å²) in [5.74, 6) is -8.91. The van der Waals surface area contributed by atoms with Gasteiger partial charge in [-0.3, -0.25) is 57.5 Å². The van der Waals surface area contributed by atoms with Gasteiger partial charge in [0, 0.05) is 75.4 Å². The summed E-state index contributed by atoms with van der Waals surface area (Å²) in [4.78, 5) is 189. The lowest BCUT2D eigenvalue weighted by molar-refractivity contribution is -0.156. The zero-order chi connectivity index (χ0) is 73.0. The summed E-state index contributed by atoms with van der Waals surface area (Å²) in [5, 5.41) is 8.06. The zero-order valence-corrected chi connectivity index (χ0v) is 60.1. The Morgan fingerprint density at radius 1 is 0.626 bits per heavy atom. The molecule has 0 bridgehead atoms. The molecule has 5 fully saturated rings. The minimum absolute atomic E-state index is 0.0243. The zero-order valence-electron chi connectivity index (χ0n) is 59.4. The van der Waals surface area contributed by atoms with Crippen LogP contribution in [0.1, 0.15) is 152 Å². The third-order valence-electron chi connectivity index (χ3n) is 21.1. The molecule has 2 aliphatic carbocycles. The number of alkyl halides is 3. The van der Waals surface area contributed by atoms with Crippen LogP contribution in [0.2, 0.25) is 5.02 Å². The van der Waals surface area contributed by atoms with Gasteiger partial charge in [-0.2, -0.15) is 13.2 Å². The number of hydrogen-bond donors (Lipinski definition) is 3. The summed E-state index contributed by atoms with van der Waals surface area (Å²) in [6.07, 6.45) is 1.42. The molecule has 24 nitrogen and oxygen atoms in total. The summed E-state index contributed by atoms with van der Waals surface area (Å²) < 4.78 is 41.6. The maximum Gasteiger partial charge on any atom is 0.417 e. The number of likely N-dealkylation sites (N-methyl/N-ethyl adjacent to an activating group) is 7. The van der Waals surface area contributed by atoms with Crippen LogP contribution in [0.15, 0.2) is 42.5 Å². The predicted molar refractivity (Wildman–Crippen MR) is 363 cm³/mol. The Morgan fingerprint density at radius 3 is 1.84 bits per heavy atom. The number of benzene rings is 2. The van der Waals surface area contributed by atoms with Crippen LogP contribution in [0.25, 0.3) is 0 Å². The lowest BCUT2D eigenvalue weighted by Crippen LogP contribution is -2.65. The topological polar surface area (TPSA) is 270 Å². The molecular formula is C71H102ClF3N12O12. The molecule has 12 amide bonds. The molecule has 8 atom stereocenters. The number of aryl methyl sites for hydroxylation is 2. The lowest BCUT2D eigenvalue weighted by atomic mass is 9.81. The first-order valence-corrected chi connectivity index (χ1v) is 35.3. The van der Waals surface area contributed by atoms with Gasteiger partial charge in [-0.05, 0) is 113 Å². The Labute approximate surface area is 584 Å². The monoisotopic (exact) mass is 1410 g/mol. The second kappa shape index (κ2) is 34.5. The summed E-state index contributed by atoms with van der Waals surface area (Å²) in [6.45, 7) is 6.08. The SMILES string of the molecule is CC[C@H](C)[C@@H]1NC(=O)[C@H](CC)N(C)C(=O)C[C@@H](C(=O)N2CCCC2)N(C)C(=O)[C@H](C2CCCCC2)N(C)C(=O)C2(CCCC2)NC(=O)[C@@H]2CCCN2C(=O)[C@H](CCc2ccc(C(F)(F)F)c(Cl)c2)NC(=O)CN(C)C(=O)[C@H](Cc2ccc(C)cc2)N(C)C(=O)CN(C)C(=O)CN(C)C1=O. The van der Waals surface area contributed by atoms with E-state index in [1.165, 1.54) is 75.0 Å². The highest BCUT2D eigenvalue weighted by Crippen LogP contribution is 2.38. The lowest BCUT2D eigenvalue weighted by Gasteiger charge is -2.43. The van der Waals surface area contributed by atoms with Crippen LogP contribution in [-0.2, 0) is 76.6 Å². The van der Waals surface area contributed by atoms with Gasteiger partial charge in [0.05, 0.1) is 36.6 Å². The van der Waals surface area contributed by atoms with Gasteiger partial charge in [0.25, 0.3) is 0 Å². The van der Waals surface area contributed by atoms with Crippen molar-refractivity contribution in [2.24, 2.45) is 11.8 Å². The number of nitrogens with one attached hydrogen (secondary N) is 3. The molecule has 28 heteroatoms. The molecule has 2 aromatic rings. The molecule has 1 spiro atoms. The van der Waals surface area contributed by atoms with Gasteiger partial charge >= 0.3 is 6.18 Å². The molecule has 0 radical (unpaired) electrons. The smallest absolute Gasteiger partial charge is 0.343 e. The number of hydrogen-bond acceptors (Lipinski definition) is 12. The molecule has 2 aromatic carbocycles. The van der Waals surface area contributed by atoms with E-state index in [0.717, 1.165) is 56.6 Å². The first-order chi connectivity index (χ1) is 46.7. The molecule has 0 unspecified atom stereocenters. The van der Waals surface area contributed by atoms with E-state index in [2.05, 4.69) is 16.0 Å². The maximum atomic E-state index is 15.7. The van der Waals surface area contributed by atoms with Crippen LogP contribution in [-0.4, -0.2) is 251 Å². The highest BCUT2D eigenvalue weighted by Gasteiger charge is 2.51. The number of fused-ring (bicyclic) bond motifs is 1. The van der Waals surface area contributed by atoms with Crippen LogP contribution in [0, 0.1) is 18.8 Å². The van der Waals surface area contributed by atoms with E-state index in [4.69, 9.17) is 11.6 Å². The molecule has 3 N–H and O–H groups in total. The van der Waals surface area contributed by atoms with Crippen molar-refractivity contribution in [1.82, 2.24) is 60.0 Å². The van der Waals surface area contributed by atoms with Crippen molar-refractivity contribution in [3.8, 4) is 0 Å². The Balaban J connectivity index is 1.28. The molecule has 0 aromatic heterocycles. The summed E-state index contributed by atoms with van der Waals surface area (Å²) >= 11 is 6.15. The van der Waals surface area contributed by atoms with Crippen molar-refractivity contribution >= 4 is 82.5 Å². The van der Waals surface area contributed by atoms with Crippen molar-refractivity contribution in [2.45, 2.75) is 204 Å². The van der Waals surface area contributed by atoms with Gasteiger partial charge in [0.15, 0.2) is 0 Å². The molecule has 3 aliphatic heterocycles. The van der Waals surface area contributed by atoms with Gasteiger partial charge in [0.1, 0.15) is 47.8 Å². The molecule has 2 saturated carbocycles. The Kier molecular flexibility index (Phi) is 27.3. The van der Waals surface area contributed by atoms with Crippen molar-refractivity contribution in [1.29, 1.82) is 0 Å². The molecule has 3 saturated heterocycles. The van der Waals surface area contributed by atoms with E-state index in [1.807, 2.05) is 26.0 Å². The van der Waals surface area contributed by atoms with E-state index in [9.17, 15) is 51.5 Å². The van der Waals surface area contributed by atoms with Crippen molar-refractivity contribution < 1.29 is 70.7 Å². The fourth-order valence-corrected chi connectivity index (χ4v) is 14.9. The van der Waals surface area contributed by atoms with Crippen molar-refractivity contribution in [3.05, 3.63) is 69.7 Å². The van der Waals surface area contributed by atoms with Gasteiger partial charge in [-0.15, -0.1) is 0 Å². The number of halogens is 4. The number of nitrogens with zero attached hydrogens (tertiary/aromatic N) is 9. The summed E-state index contributed by atoms with van der Waals surface area (Å²) in [5.41, 5.74) is -0.816. The van der Waals surface area contributed by atoms with Gasteiger partial charge in [-0.1, -0.05) is 107 Å². The minimum Gasteiger partial charge on any atom is -0.343 e. The first-order valence-electron chi connectivity index (χ1n) is 34.9. The fourth-order valence-electron chi connectivity index (χ4n) is 14.6. The average molecular weight is 1410 g/mol. The highest BCUT2D eigenvalue weighted by molar-refractivity contribution is 6.31. The number of carbonyl (C=O) groups is 12. The Morgan fingerprint density at radius 2 is 1.23 bits per heavy atom.